The van der Waals surface area contributed by atoms with Gasteiger partial charge in [0.25, 0.3) is 0 Å². The Kier molecular flexibility index (Phi) is 3.05. The first-order valence-corrected chi connectivity index (χ1v) is 6.19. The van der Waals surface area contributed by atoms with Crippen molar-refractivity contribution in [3.63, 3.8) is 0 Å². The third kappa shape index (κ3) is 2.37. The average molecular weight is 224 g/mol. The van der Waals surface area contributed by atoms with Gasteiger partial charge in [-0.2, -0.15) is 0 Å². The molecule has 1 aliphatic rings. The molecule has 2 heterocycles. The molecule has 15 heavy (non-hydrogen) atoms. The van der Waals surface area contributed by atoms with Gasteiger partial charge in [-0.25, -0.2) is 4.98 Å². The van der Waals surface area contributed by atoms with Crippen molar-refractivity contribution < 1.29 is 4.79 Å². The molecule has 0 atom stereocenters. The van der Waals surface area contributed by atoms with Crippen molar-refractivity contribution in [1.82, 2.24) is 9.88 Å². The predicted molar refractivity (Wildman–Crippen MR) is 61.1 cm³/mol. The topological polar surface area (TPSA) is 33.2 Å². The third-order valence-electron chi connectivity index (χ3n) is 2.78. The molecule has 0 N–H and O–H groups in total. The molecule has 0 aromatic carbocycles. The van der Waals surface area contributed by atoms with Crippen LogP contribution in [0.1, 0.15) is 28.4 Å². The van der Waals surface area contributed by atoms with E-state index in [0.717, 1.165) is 36.6 Å². The van der Waals surface area contributed by atoms with Crippen LogP contribution in [0.25, 0.3) is 0 Å². The lowest BCUT2D eigenvalue weighted by Gasteiger charge is -2.14. The minimum absolute atomic E-state index is 0.237. The maximum atomic E-state index is 11.9. The van der Waals surface area contributed by atoms with Crippen molar-refractivity contribution in [3.8, 4) is 0 Å². The molecule has 0 unspecified atom stereocenters. The Hall–Kier alpha value is -0.900. The van der Waals surface area contributed by atoms with Gasteiger partial charge in [-0.15, -0.1) is 11.3 Å². The molecule has 1 saturated heterocycles. The fourth-order valence-electron chi connectivity index (χ4n) is 1.96. The van der Waals surface area contributed by atoms with E-state index in [4.69, 9.17) is 0 Å². The number of aromatic nitrogens is 1. The minimum atomic E-state index is 0.237. The highest BCUT2D eigenvalue weighted by molar-refractivity contribution is 7.11. The van der Waals surface area contributed by atoms with Crippen LogP contribution in [-0.2, 0) is 11.2 Å². The van der Waals surface area contributed by atoms with Crippen LogP contribution in [0.4, 0.5) is 0 Å². The molecule has 1 aliphatic heterocycles. The van der Waals surface area contributed by atoms with Crippen LogP contribution in [0.2, 0.25) is 0 Å². The molecule has 1 aromatic rings. The summed E-state index contributed by atoms with van der Waals surface area (Å²) in [6.45, 7) is 5.89. The van der Waals surface area contributed by atoms with Crippen LogP contribution >= 0.6 is 11.3 Å². The number of aryl methyl sites for hydroxylation is 2. The molecule has 0 bridgehead atoms. The highest BCUT2D eigenvalue weighted by atomic mass is 32.1. The Balaban J connectivity index is 2.01. The van der Waals surface area contributed by atoms with Crippen LogP contribution in [0.5, 0.6) is 0 Å². The fourth-order valence-corrected chi connectivity index (χ4v) is 2.79. The number of hydrogen-bond acceptors (Lipinski definition) is 3. The molecule has 82 valence electrons. The molecule has 1 amide bonds. The van der Waals surface area contributed by atoms with Gasteiger partial charge in [0.15, 0.2) is 0 Å². The van der Waals surface area contributed by atoms with E-state index in [-0.39, 0.29) is 5.91 Å². The summed E-state index contributed by atoms with van der Waals surface area (Å²) in [5.74, 6) is 0.237. The summed E-state index contributed by atoms with van der Waals surface area (Å²) in [4.78, 5) is 19.4. The lowest BCUT2D eigenvalue weighted by Crippen LogP contribution is -2.29. The number of carbonyl (C=O) groups is 1. The Bertz CT molecular complexity index is 367. The highest BCUT2D eigenvalue weighted by Gasteiger charge is 2.19. The van der Waals surface area contributed by atoms with Crippen molar-refractivity contribution in [2.45, 2.75) is 33.1 Å². The lowest BCUT2D eigenvalue weighted by atomic mass is 10.2. The number of nitrogens with zero attached hydrogens (tertiary/aromatic N) is 2. The molecule has 1 aromatic heterocycles. The van der Waals surface area contributed by atoms with Crippen molar-refractivity contribution in [3.05, 3.63) is 15.6 Å². The zero-order valence-electron chi connectivity index (χ0n) is 9.25. The van der Waals surface area contributed by atoms with E-state index < -0.39 is 0 Å². The second-order valence-electron chi connectivity index (χ2n) is 4.00. The first-order valence-electron chi connectivity index (χ1n) is 5.37. The lowest BCUT2D eigenvalue weighted by molar-refractivity contribution is -0.129. The van der Waals surface area contributed by atoms with E-state index in [9.17, 15) is 4.79 Å². The maximum Gasteiger partial charge on any atom is 0.228 e. The van der Waals surface area contributed by atoms with Crippen molar-refractivity contribution in [2.75, 3.05) is 13.1 Å². The smallest absolute Gasteiger partial charge is 0.228 e. The van der Waals surface area contributed by atoms with Gasteiger partial charge in [-0.3, -0.25) is 4.79 Å². The number of amides is 1. The molecule has 4 heteroatoms. The summed E-state index contributed by atoms with van der Waals surface area (Å²) in [6, 6.07) is 0. The van der Waals surface area contributed by atoms with E-state index in [1.807, 2.05) is 18.7 Å². The van der Waals surface area contributed by atoms with E-state index in [2.05, 4.69) is 4.98 Å². The van der Waals surface area contributed by atoms with Crippen LogP contribution < -0.4 is 0 Å². The van der Waals surface area contributed by atoms with Crippen molar-refractivity contribution in [1.29, 1.82) is 0 Å². The molecular weight excluding hydrogens is 208 g/mol. The fraction of sp³-hybridized carbons (Fsp3) is 0.636. The largest absolute Gasteiger partial charge is 0.342 e. The van der Waals surface area contributed by atoms with Crippen molar-refractivity contribution >= 4 is 17.2 Å². The van der Waals surface area contributed by atoms with Gasteiger partial charge in [0.1, 0.15) is 0 Å². The third-order valence-corrected chi connectivity index (χ3v) is 3.71. The van der Waals surface area contributed by atoms with E-state index in [1.54, 1.807) is 11.3 Å². The summed E-state index contributed by atoms with van der Waals surface area (Å²) in [5, 5.41) is 1.05. The Morgan fingerprint density at radius 1 is 1.40 bits per heavy atom. The maximum absolute atomic E-state index is 11.9. The molecule has 0 radical (unpaired) electrons. The molecule has 0 saturated carbocycles. The van der Waals surface area contributed by atoms with Gasteiger partial charge in [0.2, 0.25) is 5.91 Å². The Labute approximate surface area is 94.1 Å². The first kappa shape index (κ1) is 10.6. The summed E-state index contributed by atoms with van der Waals surface area (Å²) in [7, 11) is 0. The van der Waals surface area contributed by atoms with Gasteiger partial charge in [0, 0.05) is 18.0 Å². The molecule has 0 aliphatic carbocycles. The van der Waals surface area contributed by atoms with Gasteiger partial charge in [0.05, 0.1) is 17.1 Å². The summed E-state index contributed by atoms with van der Waals surface area (Å²) in [6.07, 6.45) is 2.79. The zero-order chi connectivity index (χ0) is 10.8. The quantitative estimate of drug-likeness (QED) is 0.769. The Morgan fingerprint density at radius 2 is 2.07 bits per heavy atom. The minimum Gasteiger partial charge on any atom is -0.342 e. The number of rotatable bonds is 2. The van der Waals surface area contributed by atoms with E-state index >= 15 is 0 Å². The number of likely N-dealkylation sites (tertiary alicyclic amines) is 1. The summed E-state index contributed by atoms with van der Waals surface area (Å²) < 4.78 is 0. The van der Waals surface area contributed by atoms with Crippen LogP contribution in [-0.4, -0.2) is 28.9 Å². The first-order chi connectivity index (χ1) is 7.16. The normalized spacial score (nSPS) is 16.0. The van der Waals surface area contributed by atoms with Crippen LogP contribution in [0.15, 0.2) is 0 Å². The average Bonchev–Trinajstić information content (AvgIpc) is 2.76. The monoisotopic (exact) mass is 224 g/mol. The number of hydrogen-bond donors (Lipinski definition) is 0. The van der Waals surface area contributed by atoms with Gasteiger partial charge < -0.3 is 4.90 Å². The van der Waals surface area contributed by atoms with Gasteiger partial charge in [-0.05, 0) is 26.7 Å². The zero-order valence-corrected chi connectivity index (χ0v) is 10.1. The molecule has 3 nitrogen and oxygen atoms in total. The highest BCUT2D eigenvalue weighted by Crippen LogP contribution is 2.18. The van der Waals surface area contributed by atoms with Gasteiger partial charge in [-0.1, -0.05) is 0 Å². The number of thiazole rings is 1. The molecule has 1 fully saturated rings. The van der Waals surface area contributed by atoms with Crippen LogP contribution in [0, 0.1) is 13.8 Å². The predicted octanol–water partition coefficient (Wildman–Crippen LogP) is 1.92. The van der Waals surface area contributed by atoms with Gasteiger partial charge >= 0.3 is 0 Å². The van der Waals surface area contributed by atoms with E-state index in [0.29, 0.717) is 6.42 Å². The second-order valence-corrected chi connectivity index (χ2v) is 5.41. The van der Waals surface area contributed by atoms with Crippen LogP contribution in [0.3, 0.4) is 0 Å². The van der Waals surface area contributed by atoms with E-state index in [1.165, 1.54) is 4.88 Å². The molecule has 2 rings (SSSR count). The second kappa shape index (κ2) is 4.31. The Morgan fingerprint density at radius 3 is 2.60 bits per heavy atom. The number of carbonyl (C=O) groups excluding carboxylic acids is 1. The standard InChI is InChI=1S/C11H16N2OS/c1-8-10(12-9(2)15-8)7-11(14)13-5-3-4-6-13/h3-7H2,1-2H3. The van der Waals surface area contributed by atoms with Crippen molar-refractivity contribution in [2.24, 2.45) is 0 Å². The molecule has 0 spiro atoms. The summed E-state index contributed by atoms with van der Waals surface area (Å²) >= 11 is 1.67. The SMILES string of the molecule is Cc1nc(CC(=O)N2CCCC2)c(C)s1. The summed E-state index contributed by atoms with van der Waals surface area (Å²) in [5.41, 5.74) is 0.967. The molecular formula is C11H16N2OS.